The van der Waals surface area contributed by atoms with Gasteiger partial charge in [-0.3, -0.25) is 9.59 Å². The van der Waals surface area contributed by atoms with Gasteiger partial charge in [0.25, 0.3) is 0 Å². The number of cyclic esters (lactones) is 1. The lowest BCUT2D eigenvalue weighted by atomic mass is 9.67. The normalized spacial score (nSPS) is 41.6. The van der Waals surface area contributed by atoms with Crippen LogP contribution < -0.4 is 0 Å². The Kier molecular flexibility index (Phi) is 17.6. The number of aliphatic hydroxyl groups excluding tert-OH is 3. The Balaban J connectivity index is 1.50. The van der Waals surface area contributed by atoms with Crippen LogP contribution in [0.3, 0.4) is 0 Å². The van der Waals surface area contributed by atoms with E-state index in [4.69, 9.17) is 28.4 Å². The highest BCUT2D eigenvalue weighted by Crippen LogP contribution is 2.46. The highest BCUT2D eigenvalue weighted by molar-refractivity contribution is 5.83. The maximum absolute atomic E-state index is 14.5. The summed E-state index contributed by atoms with van der Waals surface area (Å²) in [5.74, 6) is -5.36. The van der Waals surface area contributed by atoms with Gasteiger partial charge in [0.2, 0.25) is 0 Å². The lowest BCUT2D eigenvalue weighted by Crippen LogP contribution is -2.62. The highest BCUT2D eigenvalue weighted by atomic mass is 19.1. The molecule has 0 amide bonds. The average molecular weight is 921 g/mol. The molecule has 3 aliphatic heterocycles. The SMILES string of the molecule is CC[C@H]1OC(=O)[C@H](C)[C@@H](C2C[C@@](C)(OC)[C@@H](O)[C@H](C)O2)[C@H](C)[C@@H](O[C@@H]2O[C@H](C)C[C@H](N(C)CCc3cn(Cc4ccc(F)cc4)nn3)[C@H]2O)[C@](C)(OC)C[C@@H](C)C(=O)[C@H](C)[C@@H](O)[C@]1(C)O. The minimum atomic E-state index is -1.98. The first kappa shape index (κ1) is 53.0. The molecule has 3 aliphatic rings. The molecule has 368 valence electrons. The minimum Gasteiger partial charge on any atom is -0.459 e. The molecule has 5 rings (SSSR count). The fourth-order valence-electron chi connectivity index (χ4n) is 10.8. The molecule has 0 radical (unpaired) electrons. The van der Waals surface area contributed by atoms with Crippen molar-refractivity contribution >= 4 is 11.8 Å². The van der Waals surface area contributed by atoms with Gasteiger partial charge in [-0.1, -0.05) is 52.0 Å². The summed E-state index contributed by atoms with van der Waals surface area (Å²) in [6, 6.07) is 5.81. The second kappa shape index (κ2) is 21.5. The number of nitrogens with zero attached hydrogens (tertiary/aromatic N) is 4. The summed E-state index contributed by atoms with van der Waals surface area (Å²) in [6.07, 6.45) is -5.51. The predicted molar refractivity (Wildman–Crippen MR) is 238 cm³/mol. The first-order valence-corrected chi connectivity index (χ1v) is 23.3. The van der Waals surface area contributed by atoms with Gasteiger partial charge >= 0.3 is 5.97 Å². The summed E-state index contributed by atoms with van der Waals surface area (Å²) in [7, 11) is 4.97. The number of carbonyl (C=O) groups is 2. The lowest BCUT2D eigenvalue weighted by molar-refractivity contribution is -0.305. The molecule has 18 atom stereocenters. The van der Waals surface area contributed by atoms with Gasteiger partial charge in [0.15, 0.2) is 6.29 Å². The molecule has 1 aromatic carbocycles. The summed E-state index contributed by atoms with van der Waals surface area (Å²) in [4.78, 5) is 30.8. The maximum Gasteiger partial charge on any atom is 0.309 e. The predicted octanol–water partition coefficient (Wildman–Crippen LogP) is 4.11. The Labute approximate surface area is 384 Å². The molecule has 0 aliphatic carbocycles. The number of aromatic nitrogens is 3. The van der Waals surface area contributed by atoms with Crippen LogP contribution in [0.25, 0.3) is 0 Å². The second-order valence-electron chi connectivity index (χ2n) is 20.0. The lowest BCUT2D eigenvalue weighted by Gasteiger charge is -2.52. The average Bonchev–Trinajstić information content (AvgIpc) is 3.72. The third kappa shape index (κ3) is 11.7. The summed E-state index contributed by atoms with van der Waals surface area (Å²) in [5, 5.41) is 55.5. The molecule has 4 N–H and O–H groups in total. The van der Waals surface area contributed by atoms with Crippen LogP contribution in [0.2, 0.25) is 0 Å². The topological polar surface area (TPSA) is 204 Å². The number of methoxy groups -OCH3 is 2. The molecular weight excluding hydrogens is 844 g/mol. The molecule has 4 heterocycles. The molecule has 2 aromatic rings. The molecule has 0 bridgehead atoms. The number of ketones is 1. The Hall–Kier alpha value is -2.97. The zero-order valence-corrected chi connectivity index (χ0v) is 40.7. The van der Waals surface area contributed by atoms with E-state index in [-0.39, 0.29) is 37.0 Å². The molecule has 3 fully saturated rings. The van der Waals surface area contributed by atoms with Crippen LogP contribution in [0.5, 0.6) is 0 Å². The number of aliphatic hydroxyl groups is 4. The first-order valence-electron chi connectivity index (χ1n) is 23.3. The molecule has 1 unspecified atom stereocenters. The third-order valence-corrected chi connectivity index (χ3v) is 15.1. The van der Waals surface area contributed by atoms with Crippen LogP contribution >= 0.6 is 0 Å². The number of halogens is 1. The summed E-state index contributed by atoms with van der Waals surface area (Å²) < 4.78 is 53.7. The van der Waals surface area contributed by atoms with Gasteiger partial charge in [-0.2, -0.15) is 0 Å². The van der Waals surface area contributed by atoms with Crippen LogP contribution in [0.4, 0.5) is 4.39 Å². The van der Waals surface area contributed by atoms with Gasteiger partial charge in [-0.05, 0) is 84.5 Å². The van der Waals surface area contributed by atoms with Crippen molar-refractivity contribution in [2.75, 3.05) is 27.8 Å². The van der Waals surface area contributed by atoms with Crippen LogP contribution in [-0.4, -0.2) is 158 Å². The summed E-state index contributed by atoms with van der Waals surface area (Å²) in [6.45, 7) is 18.3. The van der Waals surface area contributed by atoms with Gasteiger partial charge < -0.3 is 53.7 Å². The van der Waals surface area contributed by atoms with Crippen molar-refractivity contribution < 1.29 is 62.8 Å². The third-order valence-electron chi connectivity index (χ3n) is 15.1. The van der Waals surface area contributed by atoms with Crippen LogP contribution in [-0.2, 0) is 51.0 Å². The fourth-order valence-corrected chi connectivity index (χ4v) is 10.8. The van der Waals surface area contributed by atoms with E-state index in [0.29, 0.717) is 25.9 Å². The molecule has 1 aromatic heterocycles. The molecular formula is C48H77FN4O12. The maximum atomic E-state index is 14.5. The van der Waals surface area contributed by atoms with E-state index >= 15 is 0 Å². The Morgan fingerprint density at radius 3 is 2.18 bits per heavy atom. The molecule has 17 heteroatoms. The number of ether oxygens (including phenoxy) is 6. The second-order valence-corrected chi connectivity index (χ2v) is 20.0. The van der Waals surface area contributed by atoms with Crippen molar-refractivity contribution in [3.63, 3.8) is 0 Å². The van der Waals surface area contributed by atoms with Crippen molar-refractivity contribution in [2.45, 2.75) is 186 Å². The van der Waals surface area contributed by atoms with Crippen LogP contribution in [0.1, 0.15) is 106 Å². The number of benzene rings is 1. The van der Waals surface area contributed by atoms with E-state index in [1.165, 1.54) is 33.3 Å². The summed E-state index contributed by atoms with van der Waals surface area (Å²) in [5.41, 5.74) is -2.68. The van der Waals surface area contributed by atoms with Gasteiger partial charge in [0.05, 0.1) is 59.9 Å². The minimum absolute atomic E-state index is 0.0965. The van der Waals surface area contributed by atoms with Gasteiger partial charge in [0.1, 0.15) is 35.5 Å². The van der Waals surface area contributed by atoms with E-state index in [0.717, 1.165) is 11.3 Å². The van der Waals surface area contributed by atoms with E-state index < -0.39 is 107 Å². The standard InChI is InChI=1S/C48H77FN4O12/c1-14-37-48(10,59)41(56)30(6)39(54)26(2)22-47(9,61-13)43(28(4)38(29(5)44(58)64-37)36-23-46(8,60-12)42(57)31(7)63-36)65-45-40(55)35(21-27(3)62-45)52(11)20-19-34-25-53(51-50-34)24-32-15-17-33(49)18-16-32/h15-18,25-31,35-38,40-43,45,55-57,59H,14,19-24H2,1-13H3/t26-,27-,28+,29-,30+,31+,35+,36?,37-,38+,40-,41-,42+,43-,45+,46-,47-,48-/m1/s1. The fraction of sp³-hybridized carbons (Fsp3) is 0.792. The summed E-state index contributed by atoms with van der Waals surface area (Å²) >= 11 is 0. The van der Waals surface area contributed by atoms with E-state index in [1.807, 2.05) is 38.9 Å². The van der Waals surface area contributed by atoms with E-state index in [9.17, 15) is 34.4 Å². The van der Waals surface area contributed by atoms with Crippen molar-refractivity contribution in [3.8, 4) is 0 Å². The molecule has 3 saturated heterocycles. The monoisotopic (exact) mass is 921 g/mol. The van der Waals surface area contributed by atoms with Crippen molar-refractivity contribution in [3.05, 3.63) is 47.5 Å². The van der Waals surface area contributed by atoms with Crippen molar-refractivity contribution in [2.24, 2.45) is 29.6 Å². The van der Waals surface area contributed by atoms with E-state index in [2.05, 4.69) is 10.3 Å². The van der Waals surface area contributed by atoms with Crippen molar-refractivity contribution in [1.29, 1.82) is 0 Å². The largest absolute Gasteiger partial charge is 0.459 e. The van der Waals surface area contributed by atoms with Gasteiger partial charge in [-0.15, -0.1) is 5.10 Å². The smallest absolute Gasteiger partial charge is 0.309 e. The van der Waals surface area contributed by atoms with Gasteiger partial charge in [0, 0.05) is 63.6 Å². The Morgan fingerprint density at radius 2 is 1.57 bits per heavy atom. The Bertz CT molecular complexity index is 1870. The molecule has 16 nitrogen and oxygen atoms in total. The molecule has 0 spiro atoms. The zero-order valence-electron chi connectivity index (χ0n) is 40.7. The highest BCUT2D eigenvalue weighted by Gasteiger charge is 2.56. The van der Waals surface area contributed by atoms with Crippen molar-refractivity contribution in [1.82, 2.24) is 19.9 Å². The molecule has 0 saturated carbocycles. The first-order chi connectivity index (χ1) is 30.4. The van der Waals surface area contributed by atoms with Crippen LogP contribution in [0.15, 0.2) is 30.5 Å². The number of esters is 1. The van der Waals surface area contributed by atoms with Gasteiger partial charge in [-0.25, -0.2) is 9.07 Å². The van der Waals surface area contributed by atoms with Crippen LogP contribution in [0, 0.1) is 35.4 Å². The Morgan fingerprint density at radius 1 is 0.923 bits per heavy atom. The van der Waals surface area contributed by atoms with E-state index in [1.54, 1.807) is 58.4 Å². The number of hydrogen-bond acceptors (Lipinski definition) is 15. The quantitative estimate of drug-likeness (QED) is 0.221. The zero-order chi connectivity index (χ0) is 48.3. The number of hydrogen-bond donors (Lipinski definition) is 4. The number of likely N-dealkylation sites (N-methyl/N-ethyl adjacent to an activating group) is 1. The number of rotatable bonds is 12. The number of Topliss-reactive ketones (excluding diaryl/α,β-unsaturated/α-hetero) is 1. The number of carbonyl (C=O) groups excluding carboxylic acids is 2. The molecule has 65 heavy (non-hydrogen) atoms.